The van der Waals surface area contributed by atoms with Gasteiger partial charge in [0, 0.05) is 6.54 Å². The molecule has 0 fully saturated rings. The zero-order valence-electron chi connectivity index (χ0n) is 8.42. The van der Waals surface area contributed by atoms with Gasteiger partial charge >= 0.3 is 0 Å². The highest BCUT2D eigenvalue weighted by Gasteiger charge is 2.15. The van der Waals surface area contributed by atoms with Crippen molar-refractivity contribution >= 4 is 17.4 Å². The molecule has 0 amide bonds. The summed E-state index contributed by atoms with van der Waals surface area (Å²) >= 11 is 5.88. The Labute approximate surface area is 88.9 Å². The summed E-state index contributed by atoms with van der Waals surface area (Å²) in [6, 6.07) is 0. The van der Waals surface area contributed by atoms with Gasteiger partial charge in [0.2, 0.25) is 0 Å². The first-order valence-corrected chi connectivity index (χ1v) is 4.82. The number of hydrogen-bond acceptors (Lipinski definition) is 4. The molecule has 1 rings (SSSR count). The second-order valence-electron chi connectivity index (χ2n) is 3.94. The molecule has 0 radical (unpaired) electrons. The Balaban J connectivity index is 2.58. The van der Waals surface area contributed by atoms with E-state index in [0.717, 1.165) is 6.54 Å². The molecular formula is C9H15ClN4. The molecule has 14 heavy (non-hydrogen) atoms. The van der Waals surface area contributed by atoms with E-state index in [0.29, 0.717) is 17.4 Å². The fourth-order valence-corrected chi connectivity index (χ4v) is 1.01. The van der Waals surface area contributed by atoms with E-state index in [4.69, 9.17) is 17.3 Å². The average molecular weight is 215 g/mol. The number of nitrogens with zero attached hydrogens (tertiary/aromatic N) is 2. The number of hydrogen-bond donors (Lipinski definition) is 2. The minimum absolute atomic E-state index is 0.0360. The van der Waals surface area contributed by atoms with Crippen LogP contribution in [0.25, 0.3) is 0 Å². The first kappa shape index (κ1) is 11.2. The van der Waals surface area contributed by atoms with E-state index in [9.17, 15) is 0 Å². The highest BCUT2D eigenvalue weighted by molar-refractivity contribution is 6.32. The third kappa shape index (κ3) is 3.12. The van der Waals surface area contributed by atoms with Crippen LogP contribution in [0.4, 0.5) is 5.82 Å². The maximum Gasteiger partial charge on any atom is 0.148 e. The number of nitrogens with two attached hydrogens (primary N) is 1. The fraction of sp³-hybridized carbons (Fsp3) is 0.556. The van der Waals surface area contributed by atoms with Gasteiger partial charge in [-0.15, -0.1) is 0 Å². The van der Waals surface area contributed by atoms with Crippen LogP contribution in [0.1, 0.15) is 13.8 Å². The van der Waals surface area contributed by atoms with Crippen LogP contribution in [0, 0.1) is 5.41 Å². The summed E-state index contributed by atoms with van der Waals surface area (Å²) in [4.78, 5) is 7.82. The molecular weight excluding hydrogens is 200 g/mol. The second kappa shape index (κ2) is 4.57. The minimum Gasteiger partial charge on any atom is -0.368 e. The summed E-state index contributed by atoms with van der Waals surface area (Å²) < 4.78 is 0. The molecule has 3 N–H and O–H groups in total. The Morgan fingerprint density at radius 2 is 2.29 bits per heavy atom. The van der Waals surface area contributed by atoms with Gasteiger partial charge in [0.25, 0.3) is 0 Å². The lowest BCUT2D eigenvalue weighted by Crippen LogP contribution is -2.31. The summed E-state index contributed by atoms with van der Waals surface area (Å²) in [5, 5.41) is 3.67. The molecule has 0 aliphatic rings. The van der Waals surface area contributed by atoms with E-state index in [2.05, 4.69) is 29.1 Å². The van der Waals surface area contributed by atoms with Gasteiger partial charge in [-0.3, -0.25) is 0 Å². The predicted molar refractivity (Wildman–Crippen MR) is 58.4 cm³/mol. The van der Waals surface area contributed by atoms with Crippen LogP contribution in [0.2, 0.25) is 5.02 Å². The number of nitrogens with one attached hydrogen (secondary N) is 1. The van der Waals surface area contributed by atoms with Crippen molar-refractivity contribution in [1.82, 2.24) is 9.97 Å². The van der Waals surface area contributed by atoms with Gasteiger partial charge in [0.15, 0.2) is 0 Å². The van der Waals surface area contributed by atoms with Gasteiger partial charge in [0.1, 0.15) is 17.2 Å². The summed E-state index contributed by atoms with van der Waals surface area (Å²) in [7, 11) is 0. The van der Waals surface area contributed by atoms with Crippen LogP contribution in [-0.4, -0.2) is 23.1 Å². The topological polar surface area (TPSA) is 63.8 Å². The lowest BCUT2D eigenvalue weighted by molar-refractivity contribution is 0.405. The van der Waals surface area contributed by atoms with E-state index in [1.165, 1.54) is 6.33 Å². The zero-order valence-corrected chi connectivity index (χ0v) is 9.17. The molecule has 4 nitrogen and oxygen atoms in total. The summed E-state index contributed by atoms with van der Waals surface area (Å²) in [5.74, 6) is 0.656. The zero-order chi connectivity index (χ0) is 10.6. The molecule has 0 atom stereocenters. The van der Waals surface area contributed by atoms with Crippen LogP contribution in [0.3, 0.4) is 0 Å². The van der Waals surface area contributed by atoms with Gasteiger partial charge in [0.05, 0.1) is 6.20 Å². The quantitative estimate of drug-likeness (QED) is 0.798. The number of rotatable bonds is 4. The molecule has 0 unspecified atom stereocenters. The predicted octanol–water partition coefficient (Wildman–Crippen LogP) is 1.53. The van der Waals surface area contributed by atoms with E-state index < -0.39 is 0 Å². The largest absolute Gasteiger partial charge is 0.368 e. The molecule has 1 aromatic heterocycles. The Morgan fingerprint density at radius 1 is 1.57 bits per heavy atom. The lowest BCUT2D eigenvalue weighted by Gasteiger charge is -2.22. The van der Waals surface area contributed by atoms with Gasteiger partial charge in [-0.05, 0) is 12.0 Å². The Morgan fingerprint density at radius 3 is 2.86 bits per heavy atom. The molecule has 0 bridgehead atoms. The van der Waals surface area contributed by atoms with E-state index in [1.807, 2.05) is 0 Å². The normalized spacial score (nSPS) is 11.4. The molecule has 1 aromatic rings. The van der Waals surface area contributed by atoms with Crippen LogP contribution in [0.5, 0.6) is 0 Å². The molecule has 0 aromatic carbocycles. The first-order chi connectivity index (χ1) is 6.55. The maximum atomic E-state index is 5.88. The smallest absolute Gasteiger partial charge is 0.148 e. The van der Waals surface area contributed by atoms with Crippen LogP contribution in [0.15, 0.2) is 12.5 Å². The highest BCUT2D eigenvalue weighted by atomic mass is 35.5. The summed E-state index contributed by atoms with van der Waals surface area (Å²) in [6.45, 7) is 5.51. The van der Waals surface area contributed by atoms with Crippen LogP contribution in [-0.2, 0) is 0 Å². The van der Waals surface area contributed by atoms with E-state index >= 15 is 0 Å². The van der Waals surface area contributed by atoms with Crippen molar-refractivity contribution in [3.63, 3.8) is 0 Å². The molecule has 5 heteroatoms. The summed E-state index contributed by atoms with van der Waals surface area (Å²) in [5.41, 5.74) is 5.64. The van der Waals surface area contributed by atoms with E-state index in [1.54, 1.807) is 6.20 Å². The number of anilines is 1. The van der Waals surface area contributed by atoms with Crippen LogP contribution < -0.4 is 11.1 Å². The van der Waals surface area contributed by atoms with Crippen molar-refractivity contribution < 1.29 is 0 Å². The molecule has 0 saturated heterocycles. The molecule has 0 aliphatic heterocycles. The number of halogens is 1. The maximum absolute atomic E-state index is 5.88. The fourth-order valence-electron chi connectivity index (χ4n) is 0.838. The second-order valence-corrected chi connectivity index (χ2v) is 4.35. The monoisotopic (exact) mass is 214 g/mol. The Kier molecular flexibility index (Phi) is 3.66. The lowest BCUT2D eigenvalue weighted by atomic mass is 9.94. The SMILES string of the molecule is CC(C)(CN)CNc1ncncc1Cl. The van der Waals surface area contributed by atoms with Crippen molar-refractivity contribution in [1.29, 1.82) is 0 Å². The highest BCUT2D eigenvalue weighted by Crippen LogP contribution is 2.19. The van der Waals surface area contributed by atoms with Crippen molar-refractivity contribution in [2.75, 3.05) is 18.4 Å². The molecule has 0 saturated carbocycles. The molecule has 78 valence electrons. The van der Waals surface area contributed by atoms with Crippen molar-refractivity contribution in [3.8, 4) is 0 Å². The van der Waals surface area contributed by atoms with Crippen molar-refractivity contribution in [2.45, 2.75) is 13.8 Å². The molecule has 0 aliphatic carbocycles. The average Bonchev–Trinajstić information content (AvgIpc) is 2.17. The van der Waals surface area contributed by atoms with Gasteiger partial charge < -0.3 is 11.1 Å². The molecule has 1 heterocycles. The van der Waals surface area contributed by atoms with Crippen LogP contribution >= 0.6 is 11.6 Å². The number of aromatic nitrogens is 2. The van der Waals surface area contributed by atoms with Gasteiger partial charge in [-0.1, -0.05) is 25.4 Å². The standard InChI is InChI=1S/C9H15ClN4/c1-9(2,4-11)5-13-8-7(10)3-12-6-14-8/h3,6H,4-5,11H2,1-2H3,(H,12,13,14). The van der Waals surface area contributed by atoms with Crippen molar-refractivity contribution in [3.05, 3.63) is 17.5 Å². The van der Waals surface area contributed by atoms with Gasteiger partial charge in [-0.2, -0.15) is 0 Å². The Hall–Kier alpha value is -0.870. The van der Waals surface area contributed by atoms with E-state index in [-0.39, 0.29) is 5.41 Å². The molecule has 0 spiro atoms. The third-order valence-corrected chi connectivity index (χ3v) is 2.23. The summed E-state index contributed by atoms with van der Waals surface area (Å²) in [6.07, 6.45) is 3.02. The first-order valence-electron chi connectivity index (χ1n) is 4.44. The minimum atomic E-state index is 0.0360. The Bertz CT molecular complexity index is 301. The van der Waals surface area contributed by atoms with Gasteiger partial charge in [-0.25, -0.2) is 9.97 Å². The van der Waals surface area contributed by atoms with Crippen molar-refractivity contribution in [2.24, 2.45) is 11.1 Å². The third-order valence-electron chi connectivity index (χ3n) is 1.95.